The molecule has 0 spiro atoms. The highest BCUT2D eigenvalue weighted by Gasteiger charge is 2.13. The van der Waals surface area contributed by atoms with Crippen LogP contribution in [0.5, 0.6) is 0 Å². The number of halogens is 1. The number of carbonyl (C=O) groups is 1. The molecule has 0 radical (unpaired) electrons. The molecule has 1 amide bonds. The van der Waals surface area contributed by atoms with E-state index >= 15 is 0 Å². The molecule has 0 fully saturated rings. The first-order valence-electron chi connectivity index (χ1n) is 9.31. The molecule has 154 valence electrons. The van der Waals surface area contributed by atoms with Crippen molar-refractivity contribution in [3.8, 4) is 0 Å². The van der Waals surface area contributed by atoms with Crippen LogP contribution in [0.3, 0.4) is 0 Å². The first-order valence-corrected chi connectivity index (χ1v) is 11.2. The SMILES string of the molecule is O=C(C=Cc1ccccc1Cl)Nc1ccc(S(=O)(=O)NCCc2ccccc2)cc1. The number of benzene rings is 3. The van der Waals surface area contributed by atoms with Gasteiger partial charge in [0.1, 0.15) is 0 Å². The number of anilines is 1. The fourth-order valence-electron chi connectivity index (χ4n) is 2.73. The van der Waals surface area contributed by atoms with Crippen molar-refractivity contribution < 1.29 is 13.2 Å². The highest BCUT2D eigenvalue weighted by Crippen LogP contribution is 2.17. The number of hydrogen-bond donors (Lipinski definition) is 2. The molecular formula is C23H21ClN2O3S. The molecule has 3 aromatic rings. The minimum Gasteiger partial charge on any atom is -0.323 e. The summed E-state index contributed by atoms with van der Waals surface area (Å²) in [6.45, 7) is 0.303. The molecule has 3 aromatic carbocycles. The van der Waals surface area contributed by atoms with Gasteiger partial charge in [0.05, 0.1) is 4.90 Å². The van der Waals surface area contributed by atoms with E-state index in [1.807, 2.05) is 42.5 Å². The van der Waals surface area contributed by atoms with E-state index in [9.17, 15) is 13.2 Å². The van der Waals surface area contributed by atoms with Gasteiger partial charge < -0.3 is 5.32 Å². The molecule has 2 N–H and O–H groups in total. The van der Waals surface area contributed by atoms with E-state index in [1.54, 1.807) is 30.3 Å². The molecule has 0 aliphatic heterocycles. The summed E-state index contributed by atoms with van der Waals surface area (Å²) in [6, 6.07) is 22.8. The average Bonchev–Trinajstić information content (AvgIpc) is 2.74. The fourth-order valence-corrected chi connectivity index (χ4v) is 3.97. The molecule has 0 saturated carbocycles. The summed E-state index contributed by atoms with van der Waals surface area (Å²) in [5.74, 6) is -0.341. The van der Waals surface area contributed by atoms with Gasteiger partial charge in [0.15, 0.2) is 0 Å². The third-order valence-electron chi connectivity index (χ3n) is 4.30. The quantitative estimate of drug-likeness (QED) is 0.506. The molecule has 0 unspecified atom stereocenters. The van der Waals surface area contributed by atoms with E-state index in [1.165, 1.54) is 18.2 Å². The molecule has 0 bridgehead atoms. The molecule has 0 aliphatic rings. The van der Waals surface area contributed by atoms with Crippen molar-refractivity contribution in [2.24, 2.45) is 0 Å². The van der Waals surface area contributed by atoms with Crippen LogP contribution in [0, 0.1) is 0 Å². The second-order valence-electron chi connectivity index (χ2n) is 6.50. The van der Waals surface area contributed by atoms with Gasteiger partial charge in [-0.3, -0.25) is 4.79 Å². The van der Waals surface area contributed by atoms with Crippen molar-refractivity contribution in [2.45, 2.75) is 11.3 Å². The number of hydrogen-bond acceptors (Lipinski definition) is 3. The average molecular weight is 441 g/mol. The predicted molar refractivity (Wildman–Crippen MR) is 121 cm³/mol. The van der Waals surface area contributed by atoms with E-state index in [4.69, 9.17) is 11.6 Å². The summed E-state index contributed by atoms with van der Waals surface area (Å²) in [5.41, 5.74) is 2.28. The van der Waals surface area contributed by atoms with Crippen LogP contribution >= 0.6 is 11.6 Å². The number of rotatable bonds is 8. The van der Waals surface area contributed by atoms with Gasteiger partial charge >= 0.3 is 0 Å². The summed E-state index contributed by atoms with van der Waals surface area (Å²) in [6.07, 6.45) is 3.59. The molecule has 30 heavy (non-hydrogen) atoms. The maximum absolute atomic E-state index is 12.4. The van der Waals surface area contributed by atoms with Gasteiger partial charge in [-0.15, -0.1) is 0 Å². The Labute approximate surface area is 181 Å². The van der Waals surface area contributed by atoms with Gasteiger partial charge in [-0.1, -0.05) is 60.1 Å². The van der Waals surface area contributed by atoms with Crippen LogP contribution < -0.4 is 10.0 Å². The van der Waals surface area contributed by atoms with Gasteiger partial charge in [0, 0.05) is 23.3 Å². The lowest BCUT2D eigenvalue weighted by Crippen LogP contribution is -2.26. The summed E-state index contributed by atoms with van der Waals surface area (Å²) in [4.78, 5) is 12.2. The summed E-state index contributed by atoms with van der Waals surface area (Å²) < 4.78 is 27.4. The van der Waals surface area contributed by atoms with Gasteiger partial charge in [-0.25, -0.2) is 13.1 Å². The van der Waals surface area contributed by atoms with Crippen LogP contribution in [0.15, 0.2) is 89.8 Å². The van der Waals surface area contributed by atoms with Gasteiger partial charge in [0.2, 0.25) is 15.9 Å². The van der Waals surface area contributed by atoms with Crippen molar-refractivity contribution in [1.29, 1.82) is 0 Å². The van der Waals surface area contributed by atoms with Crippen molar-refractivity contribution in [3.05, 3.63) is 101 Å². The Morgan fingerprint density at radius 2 is 1.57 bits per heavy atom. The first kappa shape index (κ1) is 21.8. The van der Waals surface area contributed by atoms with Crippen molar-refractivity contribution in [2.75, 3.05) is 11.9 Å². The van der Waals surface area contributed by atoms with Gasteiger partial charge in [-0.2, -0.15) is 0 Å². The Kier molecular flexibility index (Phi) is 7.41. The van der Waals surface area contributed by atoms with Gasteiger partial charge in [-0.05, 0) is 54.0 Å². The van der Waals surface area contributed by atoms with E-state index in [0.29, 0.717) is 23.7 Å². The van der Waals surface area contributed by atoms with E-state index in [2.05, 4.69) is 10.0 Å². The summed E-state index contributed by atoms with van der Waals surface area (Å²) in [5, 5.41) is 3.24. The van der Waals surface area contributed by atoms with Crippen molar-refractivity contribution in [3.63, 3.8) is 0 Å². The number of nitrogens with one attached hydrogen (secondary N) is 2. The Hall–Kier alpha value is -2.93. The van der Waals surface area contributed by atoms with Crippen LogP contribution in [0.1, 0.15) is 11.1 Å². The molecule has 3 rings (SSSR count). The van der Waals surface area contributed by atoms with E-state index in [-0.39, 0.29) is 10.8 Å². The Balaban J connectivity index is 1.55. The Morgan fingerprint density at radius 3 is 2.27 bits per heavy atom. The first-order chi connectivity index (χ1) is 14.4. The molecular weight excluding hydrogens is 420 g/mol. The lowest BCUT2D eigenvalue weighted by molar-refractivity contribution is -0.111. The van der Waals surface area contributed by atoms with Crippen LogP contribution in [-0.2, 0) is 21.2 Å². The molecule has 0 aromatic heterocycles. The standard InChI is InChI=1S/C23H21ClN2O3S/c24-22-9-5-4-8-19(22)10-15-23(27)26-20-11-13-21(14-12-20)30(28,29)25-17-16-18-6-2-1-3-7-18/h1-15,25H,16-17H2,(H,26,27). The normalized spacial score (nSPS) is 11.5. The maximum Gasteiger partial charge on any atom is 0.248 e. The van der Waals surface area contributed by atoms with Crippen LogP contribution in [0.4, 0.5) is 5.69 Å². The molecule has 7 heteroatoms. The number of amides is 1. The highest BCUT2D eigenvalue weighted by molar-refractivity contribution is 7.89. The van der Waals surface area contributed by atoms with Crippen molar-refractivity contribution in [1.82, 2.24) is 4.72 Å². The van der Waals surface area contributed by atoms with E-state index < -0.39 is 10.0 Å². The Morgan fingerprint density at radius 1 is 0.900 bits per heavy atom. The summed E-state index contributed by atoms with van der Waals surface area (Å²) in [7, 11) is -3.62. The minimum atomic E-state index is -3.62. The second-order valence-corrected chi connectivity index (χ2v) is 8.68. The zero-order chi connectivity index (χ0) is 21.4. The molecule has 0 aliphatic carbocycles. The number of sulfonamides is 1. The largest absolute Gasteiger partial charge is 0.323 e. The zero-order valence-electron chi connectivity index (χ0n) is 16.1. The lowest BCUT2D eigenvalue weighted by Gasteiger charge is -2.08. The monoisotopic (exact) mass is 440 g/mol. The van der Waals surface area contributed by atoms with Crippen molar-refractivity contribution >= 4 is 39.3 Å². The van der Waals surface area contributed by atoms with E-state index in [0.717, 1.165) is 11.1 Å². The highest BCUT2D eigenvalue weighted by atomic mass is 35.5. The molecule has 5 nitrogen and oxygen atoms in total. The fraction of sp³-hybridized carbons (Fsp3) is 0.0870. The second kappa shape index (κ2) is 10.2. The van der Waals surface area contributed by atoms with Crippen LogP contribution in [0.2, 0.25) is 5.02 Å². The summed E-state index contributed by atoms with van der Waals surface area (Å²) >= 11 is 6.05. The molecule has 0 saturated heterocycles. The Bertz CT molecular complexity index is 1130. The third-order valence-corrected chi connectivity index (χ3v) is 6.12. The predicted octanol–water partition coefficient (Wildman–Crippen LogP) is 4.51. The minimum absolute atomic E-state index is 0.139. The smallest absolute Gasteiger partial charge is 0.248 e. The van der Waals surface area contributed by atoms with Crippen LogP contribution in [-0.4, -0.2) is 20.9 Å². The third kappa shape index (κ3) is 6.29. The molecule has 0 atom stereocenters. The lowest BCUT2D eigenvalue weighted by atomic mass is 10.2. The number of carbonyl (C=O) groups excluding carboxylic acids is 1. The zero-order valence-corrected chi connectivity index (χ0v) is 17.7. The molecule has 0 heterocycles. The van der Waals surface area contributed by atoms with Gasteiger partial charge in [0.25, 0.3) is 0 Å². The topological polar surface area (TPSA) is 75.3 Å². The van der Waals surface area contributed by atoms with Crippen LogP contribution in [0.25, 0.3) is 6.08 Å². The maximum atomic E-state index is 12.4.